The molecule has 2 rings (SSSR count). The summed E-state index contributed by atoms with van der Waals surface area (Å²) in [6, 6.07) is 3.54. The third-order valence-electron chi connectivity index (χ3n) is 3.48. The number of hydrogen-bond donors (Lipinski definition) is 1. The minimum atomic E-state index is -0.640. The SMILES string of the molecule is COc1ccc(C(O)C2CCCOC2)c(OC)c1Cl. The normalized spacial score (nSPS) is 20.9. The number of hydrogen-bond acceptors (Lipinski definition) is 4. The highest BCUT2D eigenvalue weighted by Crippen LogP contribution is 2.42. The zero-order valence-electron chi connectivity index (χ0n) is 11.2. The van der Waals surface area contributed by atoms with Crippen molar-refractivity contribution in [2.45, 2.75) is 18.9 Å². The molecule has 0 aromatic heterocycles. The molecule has 1 aliphatic heterocycles. The van der Waals surface area contributed by atoms with Crippen LogP contribution in [0.1, 0.15) is 24.5 Å². The fraction of sp³-hybridized carbons (Fsp3) is 0.571. The van der Waals surface area contributed by atoms with Gasteiger partial charge in [0.05, 0.1) is 26.9 Å². The van der Waals surface area contributed by atoms with Gasteiger partial charge in [-0.25, -0.2) is 0 Å². The Kier molecular flexibility index (Phi) is 4.91. The van der Waals surface area contributed by atoms with Gasteiger partial charge in [-0.15, -0.1) is 0 Å². The van der Waals surface area contributed by atoms with E-state index in [-0.39, 0.29) is 5.92 Å². The molecule has 1 fully saturated rings. The molecule has 0 amide bonds. The molecule has 106 valence electrons. The fourth-order valence-corrected chi connectivity index (χ4v) is 2.75. The Morgan fingerprint density at radius 3 is 2.74 bits per heavy atom. The summed E-state index contributed by atoms with van der Waals surface area (Å²) >= 11 is 6.20. The Morgan fingerprint density at radius 1 is 1.37 bits per heavy atom. The van der Waals surface area contributed by atoms with Crippen molar-refractivity contribution in [1.82, 2.24) is 0 Å². The molecular formula is C14H19ClO4. The van der Waals surface area contributed by atoms with Crippen LogP contribution in [0.4, 0.5) is 0 Å². The third kappa shape index (κ3) is 2.96. The van der Waals surface area contributed by atoms with Gasteiger partial charge >= 0.3 is 0 Å². The Labute approximate surface area is 118 Å². The van der Waals surface area contributed by atoms with Crippen LogP contribution in [-0.4, -0.2) is 32.5 Å². The van der Waals surface area contributed by atoms with E-state index in [4.69, 9.17) is 25.8 Å². The number of methoxy groups -OCH3 is 2. The number of benzene rings is 1. The molecule has 2 atom stereocenters. The second-order valence-corrected chi connectivity index (χ2v) is 5.00. The quantitative estimate of drug-likeness (QED) is 0.925. The molecule has 2 unspecified atom stereocenters. The van der Waals surface area contributed by atoms with Crippen LogP contribution in [0, 0.1) is 5.92 Å². The number of ether oxygens (including phenoxy) is 3. The highest BCUT2D eigenvalue weighted by atomic mass is 35.5. The lowest BCUT2D eigenvalue weighted by Gasteiger charge is -2.28. The van der Waals surface area contributed by atoms with E-state index in [0.717, 1.165) is 19.4 Å². The Hall–Kier alpha value is -0.970. The maximum Gasteiger partial charge on any atom is 0.147 e. The van der Waals surface area contributed by atoms with Crippen LogP contribution in [0.25, 0.3) is 0 Å². The molecule has 0 aliphatic carbocycles. The van der Waals surface area contributed by atoms with Gasteiger partial charge in [-0.05, 0) is 25.0 Å². The predicted molar refractivity (Wildman–Crippen MR) is 73.1 cm³/mol. The van der Waals surface area contributed by atoms with Crippen molar-refractivity contribution in [3.63, 3.8) is 0 Å². The number of rotatable bonds is 4. The lowest BCUT2D eigenvalue weighted by molar-refractivity contribution is -0.0107. The molecular weight excluding hydrogens is 268 g/mol. The molecule has 0 spiro atoms. The number of aliphatic hydroxyl groups is 1. The number of aliphatic hydroxyl groups excluding tert-OH is 1. The lowest BCUT2D eigenvalue weighted by Crippen LogP contribution is -2.24. The van der Waals surface area contributed by atoms with E-state index < -0.39 is 6.10 Å². The van der Waals surface area contributed by atoms with Gasteiger partial charge in [-0.2, -0.15) is 0 Å². The largest absolute Gasteiger partial charge is 0.495 e. The molecule has 0 radical (unpaired) electrons. The van der Waals surface area contributed by atoms with Crippen molar-refractivity contribution >= 4 is 11.6 Å². The highest BCUT2D eigenvalue weighted by molar-refractivity contribution is 6.33. The lowest BCUT2D eigenvalue weighted by atomic mass is 9.90. The minimum Gasteiger partial charge on any atom is -0.495 e. The van der Waals surface area contributed by atoms with Gasteiger partial charge < -0.3 is 19.3 Å². The summed E-state index contributed by atoms with van der Waals surface area (Å²) < 4.78 is 15.9. The van der Waals surface area contributed by atoms with E-state index >= 15 is 0 Å². The summed E-state index contributed by atoms with van der Waals surface area (Å²) in [5.41, 5.74) is 0.684. The first-order valence-electron chi connectivity index (χ1n) is 6.35. The first kappa shape index (κ1) is 14.4. The molecule has 4 nitrogen and oxygen atoms in total. The average molecular weight is 287 g/mol. The van der Waals surface area contributed by atoms with Crippen LogP contribution in [-0.2, 0) is 4.74 Å². The van der Waals surface area contributed by atoms with E-state index in [1.807, 2.05) is 0 Å². The van der Waals surface area contributed by atoms with Crippen LogP contribution in [0.5, 0.6) is 11.5 Å². The molecule has 1 aromatic carbocycles. The maximum atomic E-state index is 10.5. The van der Waals surface area contributed by atoms with Gasteiger partial charge in [-0.3, -0.25) is 0 Å². The second-order valence-electron chi connectivity index (χ2n) is 4.63. The summed E-state index contributed by atoms with van der Waals surface area (Å²) in [6.07, 6.45) is 1.26. The molecule has 5 heteroatoms. The highest BCUT2D eigenvalue weighted by Gasteiger charge is 2.27. The topological polar surface area (TPSA) is 47.9 Å². The zero-order valence-corrected chi connectivity index (χ0v) is 11.9. The summed E-state index contributed by atoms with van der Waals surface area (Å²) in [4.78, 5) is 0. The van der Waals surface area contributed by atoms with Crippen LogP contribution in [0.15, 0.2) is 12.1 Å². The second kappa shape index (κ2) is 6.46. The molecule has 1 saturated heterocycles. The summed E-state index contributed by atoms with van der Waals surface area (Å²) in [5, 5.41) is 10.9. The van der Waals surface area contributed by atoms with Gasteiger partial charge in [0.1, 0.15) is 16.5 Å². The van der Waals surface area contributed by atoms with Crippen molar-refractivity contribution in [3.05, 3.63) is 22.7 Å². The van der Waals surface area contributed by atoms with Gasteiger partial charge in [0, 0.05) is 18.1 Å². The molecule has 1 aromatic rings. The van der Waals surface area contributed by atoms with Gasteiger partial charge in [-0.1, -0.05) is 11.6 Å². The zero-order chi connectivity index (χ0) is 13.8. The molecule has 1 aliphatic rings. The predicted octanol–water partition coefficient (Wildman–Crippen LogP) is 2.82. The molecule has 0 bridgehead atoms. The fourth-order valence-electron chi connectivity index (χ4n) is 2.42. The van der Waals surface area contributed by atoms with Gasteiger partial charge in [0.15, 0.2) is 0 Å². The third-order valence-corrected chi connectivity index (χ3v) is 3.83. The van der Waals surface area contributed by atoms with E-state index in [2.05, 4.69) is 0 Å². The maximum absolute atomic E-state index is 10.5. The van der Waals surface area contributed by atoms with Crippen molar-refractivity contribution in [2.24, 2.45) is 5.92 Å². The van der Waals surface area contributed by atoms with Crippen molar-refractivity contribution in [2.75, 3.05) is 27.4 Å². The van der Waals surface area contributed by atoms with E-state index in [9.17, 15) is 5.11 Å². The van der Waals surface area contributed by atoms with Crippen molar-refractivity contribution in [1.29, 1.82) is 0 Å². The van der Waals surface area contributed by atoms with Crippen LogP contribution in [0.2, 0.25) is 5.02 Å². The van der Waals surface area contributed by atoms with E-state index in [0.29, 0.717) is 28.7 Å². The molecule has 1 N–H and O–H groups in total. The summed E-state index contributed by atoms with van der Waals surface area (Å²) in [5.74, 6) is 1.08. The minimum absolute atomic E-state index is 0.0760. The molecule has 0 saturated carbocycles. The van der Waals surface area contributed by atoms with Gasteiger partial charge in [0.25, 0.3) is 0 Å². The average Bonchev–Trinajstić information content (AvgIpc) is 2.47. The molecule has 1 heterocycles. The smallest absolute Gasteiger partial charge is 0.147 e. The standard InChI is InChI=1S/C14H19ClO4/c1-17-11-6-5-10(14(18-2)12(11)15)13(16)9-4-3-7-19-8-9/h5-6,9,13,16H,3-4,7-8H2,1-2H3. The Bertz CT molecular complexity index is 430. The summed E-state index contributed by atoms with van der Waals surface area (Å²) in [7, 11) is 3.08. The molecule has 19 heavy (non-hydrogen) atoms. The first-order valence-corrected chi connectivity index (χ1v) is 6.73. The van der Waals surface area contributed by atoms with Crippen molar-refractivity contribution in [3.8, 4) is 11.5 Å². The van der Waals surface area contributed by atoms with E-state index in [1.165, 1.54) is 7.11 Å². The summed E-state index contributed by atoms with van der Waals surface area (Å²) in [6.45, 7) is 1.33. The van der Waals surface area contributed by atoms with Crippen LogP contribution < -0.4 is 9.47 Å². The van der Waals surface area contributed by atoms with Gasteiger partial charge in [0.2, 0.25) is 0 Å². The Balaban J connectivity index is 2.30. The monoisotopic (exact) mass is 286 g/mol. The first-order chi connectivity index (χ1) is 9.19. The van der Waals surface area contributed by atoms with Crippen molar-refractivity contribution < 1.29 is 19.3 Å². The van der Waals surface area contributed by atoms with E-state index in [1.54, 1.807) is 19.2 Å². The number of halogens is 1. The van der Waals surface area contributed by atoms with Crippen LogP contribution >= 0.6 is 11.6 Å². The van der Waals surface area contributed by atoms with Crippen LogP contribution in [0.3, 0.4) is 0 Å². The Morgan fingerprint density at radius 2 is 2.16 bits per heavy atom.